The first-order valence-corrected chi connectivity index (χ1v) is 9.65. The zero-order valence-electron chi connectivity index (χ0n) is 16.7. The van der Waals surface area contributed by atoms with Crippen molar-refractivity contribution in [3.63, 3.8) is 0 Å². The van der Waals surface area contributed by atoms with E-state index >= 15 is 0 Å². The van der Waals surface area contributed by atoms with Gasteiger partial charge in [0.05, 0.1) is 11.5 Å². The monoisotopic (exact) mass is 428 g/mol. The van der Waals surface area contributed by atoms with Crippen molar-refractivity contribution in [3.8, 4) is 0 Å². The number of nitro benzene ring substituents is 1. The molecular weight excluding hydrogens is 405 g/mol. The van der Waals surface area contributed by atoms with Crippen molar-refractivity contribution in [2.75, 3.05) is 6.61 Å². The van der Waals surface area contributed by atoms with Crippen molar-refractivity contribution in [2.45, 2.75) is 58.4 Å². The molecule has 164 valence electrons. The summed E-state index contributed by atoms with van der Waals surface area (Å²) in [5, 5.41) is 21.9. The molecule has 0 spiro atoms. The normalized spacial score (nSPS) is 15.5. The molecule has 1 N–H and O–H groups in total. The topological polar surface area (TPSA) is 102 Å². The number of aliphatic hydroxyl groups is 1. The van der Waals surface area contributed by atoms with Crippen LogP contribution >= 0.6 is 0 Å². The van der Waals surface area contributed by atoms with Gasteiger partial charge in [-0.1, -0.05) is 26.2 Å². The first-order valence-electron chi connectivity index (χ1n) is 9.65. The third-order valence-electron chi connectivity index (χ3n) is 4.88. The number of unbranched alkanes of at least 4 members (excludes halogenated alkanes) is 1. The maximum Gasteiger partial charge on any atom is 0.343 e. The lowest BCUT2D eigenvalue weighted by molar-refractivity contribution is -0.388. The summed E-state index contributed by atoms with van der Waals surface area (Å²) in [7, 11) is 0. The molecule has 0 amide bonds. The summed E-state index contributed by atoms with van der Waals surface area (Å²) in [4.78, 5) is 26.6. The van der Waals surface area contributed by atoms with Gasteiger partial charge in [0.15, 0.2) is 5.82 Å². The predicted octanol–water partition coefficient (Wildman–Crippen LogP) is 4.95. The molecule has 0 radical (unpaired) electrons. The van der Waals surface area contributed by atoms with Gasteiger partial charge in [-0.05, 0) is 26.2 Å². The van der Waals surface area contributed by atoms with Gasteiger partial charge in [-0.15, -0.1) is 0 Å². The zero-order chi connectivity index (χ0) is 22.4. The van der Waals surface area contributed by atoms with Crippen LogP contribution in [0.3, 0.4) is 0 Å². The molecule has 0 heterocycles. The van der Waals surface area contributed by atoms with E-state index in [1.165, 1.54) is 0 Å². The van der Waals surface area contributed by atoms with Crippen LogP contribution in [-0.4, -0.2) is 34.9 Å². The second-order valence-electron chi connectivity index (χ2n) is 7.02. The third kappa shape index (κ3) is 4.98. The average molecular weight is 428 g/mol. The Morgan fingerprint density at radius 3 is 2.47 bits per heavy atom. The summed E-state index contributed by atoms with van der Waals surface area (Å²) < 4.78 is 47.7. The van der Waals surface area contributed by atoms with Crippen LogP contribution < -0.4 is 0 Å². The summed E-state index contributed by atoms with van der Waals surface area (Å²) in [5.74, 6) is -7.57. The number of benzene rings is 1. The van der Waals surface area contributed by atoms with Crippen LogP contribution in [0.25, 0.3) is 5.76 Å². The molecule has 1 aliphatic rings. The SMILES string of the molecule is CCCCOC(=O)/C(C=NC1CCCC1)=C(/O)c1c(F)c(C)c(F)c(F)c1[N+](=O)[O-]. The van der Waals surface area contributed by atoms with Crippen LogP contribution in [0.5, 0.6) is 0 Å². The Bertz CT molecular complexity index is 893. The number of hydrogen-bond donors (Lipinski definition) is 1. The minimum absolute atomic E-state index is 0.00916. The fourth-order valence-electron chi connectivity index (χ4n) is 3.12. The molecule has 1 aromatic carbocycles. The molecular formula is C20H23F3N2O5. The standard InChI is InChI=1S/C20H23F3N2O5/c1-3-4-9-30-20(27)13(10-24-12-7-5-6-8-12)19(26)14-15(21)11(2)16(22)17(23)18(14)25(28)29/h10,12,26H,3-9H2,1-2H3/b19-13+,24-10?. The molecule has 1 aromatic rings. The van der Waals surface area contributed by atoms with E-state index in [1.807, 2.05) is 6.92 Å². The molecule has 2 rings (SSSR count). The van der Waals surface area contributed by atoms with Crippen molar-refractivity contribution in [3.05, 3.63) is 44.3 Å². The van der Waals surface area contributed by atoms with E-state index in [0.29, 0.717) is 12.8 Å². The molecule has 1 fully saturated rings. The Hall–Kier alpha value is -2.91. The highest BCUT2D eigenvalue weighted by Crippen LogP contribution is 2.35. The molecule has 0 aromatic heterocycles. The molecule has 1 saturated carbocycles. The number of hydrogen-bond acceptors (Lipinski definition) is 6. The largest absolute Gasteiger partial charge is 0.506 e. The quantitative estimate of drug-likeness (QED) is 0.0923. The summed E-state index contributed by atoms with van der Waals surface area (Å²) in [6, 6.07) is -0.136. The lowest BCUT2D eigenvalue weighted by Gasteiger charge is -2.12. The van der Waals surface area contributed by atoms with Crippen LogP contribution in [0.1, 0.15) is 56.6 Å². The Morgan fingerprint density at radius 1 is 1.27 bits per heavy atom. The summed E-state index contributed by atoms with van der Waals surface area (Å²) in [6.45, 7) is 2.71. The fraction of sp³-hybridized carbons (Fsp3) is 0.500. The number of nitrogens with zero attached hydrogens (tertiary/aromatic N) is 2. The first-order chi connectivity index (χ1) is 14.2. The predicted molar refractivity (Wildman–Crippen MR) is 104 cm³/mol. The maximum absolute atomic E-state index is 14.7. The number of ether oxygens (including phenoxy) is 1. The van der Waals surface area contributed by atoms with Crippen molar-refractivity contribution in [1.82, 2.24) is 0 Å². The number of aliphatic hydroxyl groups excluding tert-OH is 1. The van der Waals surface area contributed by atoms with Crippen LogP contribution in [0.2, 0.25) is 0 Å². The lowest BCUT2D eigenvalue weighted by Crippen LogP contribution is -2.15. The van der Waals surface area contributed by atoms with E-state index in [9.17, 15) is 33.2 Å². The Labute approximate surface area is 171 Å². The summed E-state index contributed by atoms with van der Waals surface area (Å²) in [6.07, 6.45) is 5.52. The van der Waals surface area contributed by atoms with E-state index in [-0.39, 0.29) is 12.6 Å². The van der Waals surface area contributed by atoms with Gasteiger partial charge >= 0.3 is 11.7 Å². The van der Waals surface area contributed by atoms with E-state index in [2.05, 4.69) is 4.99 Å². The van der Waals surface area contributed by atoms with Crippen molar-refractivity contribution in [2.24, 2.45) is 4.99 Å². The minimum Gasteiger partial charge on any atom is -0.506 e. The Morgan fingerprint density at radius 2 is 1.90 bits per heavy atom. The second kappa shape index (κ2) is 10.2. The maximum atomic E-state index is 14.7. The van der Waals surface area contributed by atoms with Crippen LogP contribution in [-0.2, 0) is 9.53 Å². The van der Waals surface area contributed by atoms with Crippen molar-refractivity contribution in [1.29, 1.82) is 0 Å². The van der Waals surface area contributed by atoms with Gasteiger partial charge in [-0.3, -0.25) is 15.1 Å². The van der Waals surface area contributed by atoms with E-state index < -0.39 is 56.5 Å². The molecule has 0 unspecified atom stereocenters. The van der Waals surface area contributed by atoms with Crippen LogP contribution in [0, 0.1) is 34.5 Å². The van der Waals surface area contributed by atoms with Gasteiger partial charge < -0.3 is 9.84 Å². The fourth-order valence-corrected chi connectivity index (χ4v) is 3.12. The molecule has 0 atom stereocenters. The van der Waals surface area contributed by atoms with Crippen molar-refractivity contribution < 1.29 is 32.7 Å². The molecule has 1 aliphatic carbocycles. The summed E-state index contributed by atoms with van der Waals surface area (Å²) in [5.41, 5.74) is -4.37. The van der Waals surface area contributed by atoms with E-state index in [0.717, 1.165) is 38.8 Å². The van der Waals surface area contributed by atoms with Gasteiger partial charge in [0, 0.05) is 17.8 Å². The Balaban J connectivity index is 2.65. The highest BCUT2D eigenvalue weighted by molar-refractivity contribution is 6.15. The highest BCUT2D eigenvalue weighted by Gasteiger charge is 2.35. The summed E-state index contributed by atoms with van der Waals surface area (Å²) >= 11 is 0. The smallest absolute Gasteiger partial charge is 0.343 e. The average Bonchev–Trinajstić information content (AvgIpc) is 3.22. The number of nitro groups is 1. The number of esters is 1. The van der Waals surface area contributed by atoms with Gasteiger partial charge in [0.25, 0.3) is 0 Å². The molecule has 0 aliphatic heterocycles. The first kappa shape index (κ1) is 23.4. The van der Waals surface area contributed by atoms with Gasteiger partial charge in [-0.25, -0.2) is 13.6 Å². The van der Waals surface area contributed by atoms with Gasteiger partial charge in [-0.2, -0.15) is 4.39 Å². The van der Waals surface area contributed by atoms with Crippen LogP contribution in [0.15, 0.2) is 10.6 Å². The molecule has 0 saturated heterocycles. The number of carbonyl (C=O) groups is 1. The van der Waals surface area contributed by atoms with Crippen molar-refractivity contribution >= 4 is 23.6 Å². The van der Waals surface area contributed by atoms with E-state index in [1.54, 1.807) is 0 Å². The minimum atomic E-state index is -1.94. The second-order valence-corrected chi connectivity index (χ2v) is 7.02. The van der Waals surface area contributed by atoms with Gasteiger partial charge in [0.2, 0.25) is 5.82 Å². The zero-order valence-corrected chi connectivity index (χ0v) is 16.7. The Kier molecular flexibility index (Phi) is 7.96. The molecule has 7 nitrogen and oxygen atoms in total. The number of halogens is 3. The third-order valence-corrected chi connectivity index (χ3v) is 4.88. The van der Waals surface area contributed by atoms with Crippen LogP contribution in [0.4, 0.5) is 18.9 Å². The molecule has 10 heteroatoms. The number of rotatable bonds is 8. The lowest BCUT2D eigenvalue weighted by atomic mass is 10.0. The number of aliphatic imine (C=N–C) groups is 1. The molecule has 30 heavy (non-hydrogen) atoms. The van der Waals surface area contributed by atoms with E-state index in [4.69, 9.17) is 4.74 Å². The molecule has 0 bridgehead atoms. The number of carbonyl (C=O) groups excluding carboxylic acids is 1. The van der Waals surface area contributed by atoms with Gasteiger partial charge in [0.1, 0.15) is 22.7 Å². The highest BCUT2D eigenvalue weighted by atomic mass is 19.2.